The van der Waals surface area contributed by atoms with Crippen LogP contribution in [0.5, 0.6) is 0 Å². The third kappa shape index (κ3) is 5.84. The van der Waals surface area contributed by atoms with Crippen LogP contribution in [0.4, 0.5) is 24.5 Å². The fraction of sp³-hybridized carbons (Fsp3) is 0.391. The third-order valence-corrected chi connectivity index (χ3v) is 8.88. The van der Waals surface area contributed by atoms with Crippen molar-refractivity contribution >= 4 is 56.4 Å². The predicted molar refractivity (Wildman–Crippen MR) is 136 cm³/mol. The van der Waals surface area contributed by atoms with Gasteiger partial charge in [-0.05, 0) is 43.3 Å². The highest BCUT2D eigenvalue weighted by Crippen LogP contribution is 2.42. The summed E-state index contributed by atoms with van der Waals surface area (Å²) in [5, 5.41) is 11.4. The Balaban J connectivity index is 2.09. The second kappa shape index (κ2) is 10.7. The van der Waals surface area contributed by atoms with Crippen LogP contribution in [-0.2, 0) is 14.6 Å². The number of anilines is 2. The molecule has 2 aromatic rings. The van der Waals surface area contributed by atoms with Crippen LogP contribution >= 0.6 is 23.4 Å². The van der Waals surface area contributed by atoms with E-state index in [0.29, 0.717) is 31.5 Å². The first-order valence-corrected chi connectivity index (χ1v) is 13.9. The number of benzene rings is 2. The maximum absolute atomic E-state index is 13.6. The van der Waals surface area contributed by atoms with E-state index < -0.39 is 27.5 Å². The SMILES string of the molecule is CN(C)C(=O)c1ccc(S(=O)(=O)c2ccc(NC(=O)[C@@](C)(O)C(F)(F)F)c(Cl)c2N2CCSCC2)cc1. The molecule has 37 heavy (non-hydrogen) atoms. The molecule has 0 spiro atoms. The van der Waals surface area contributed by atoms with Gasteiger partial charge in [0.25, 0.3) is 11.8 Å². The van der Waals surface area contributed by atoms with E-state index >= 15 is 0 Å². The quantitative estimate of drug-likeness (QED) is 0.538. The lowest BCUT2D eigenvalue weighted by atomic mass is 10.1. The Morgan fingerprint density at radius 3 is 2.16 bits per heavy atom. The molecular weight excluding hydrogens is 555 g/mol. The van der Waals surface area contributed by atoms with Gasteiger partial charge in [-0.25, -0.2) is 8.42 Å². The summed E-state index contributed by atoms with van der Waals surface area (Å²) in [6.45, 7) is 1.12. The zero-order chi connectivity index (χ0) is 27.8. The molecule has 1 heterocycles. The van der Waals surface area contributed by atoms with Gasteiger partial charge in [-0.1, -0.05) is 11.6 Å². The number of aliphatic hydroxyl groups is 1. The number of carbonyl (C=O) groups is 2. The van der Waals surface area contributed by atoms with Gasteiger partial charge in [0.05, 0.1) is 26.2 Å². The monoisotopic (exact) mass is 579 g/mol. The van der Waals surface area contributed by atoms with E-state index in [1.165, 1.54) is 29.2 Å². The van der Waals surface area contributed by atoms with Crippen molar-refractivity contribution in [3.63, 3.8) is 0 Å². The maximum Gasteiger partial charge on any atom is 0.426 e. The van der Waals surface area contributed by atoms with Gasteiger partial charge in [0.15, 0.2) is 0 Å². The minimum Gasteiger partial charge on any atom is -0.373 e. The molecule has 14 heteroatoms. The lowest BCUT2D eigenvalue weighted by molar-refractivity contribution is -0.242. The second-order valence-corrected chi connectivity index (χ2v) is 12.1. The molecule has 2 N–H and O–H groups in total. The number of nitrogens with zero attached hydrogens (tertiary/aromatic N) is 2. The Kier molecular flexibility index (Phi) is 8.42. The zero-order valence-electron chi connectivity index (χ0n) is 20.1. The van der Waals surface area contributed by atoms with Crippen molar-refractivity contribution in [1.82, 2.24) is 4.90 Å². The third-order valence-electron chi connectivity index (χ3n) is 5.76. The smallest absolute Gasteiger partial charge is 0.373 e. The lowest BCUT2D eigenvalue weighted by Gasteiger charge is -2.32. The van der Waals surface area contributed by atoms with Crippen molar-refractivity contribution in [2.75, 3.05) is 48.9 Å². The lowest BCUT2D eigenvalue weighted by Crippen LogP contribution is -2.52. The molecule has 1 aliphatic rings. The normalized spacial score (nSPS) is 16.2. The molecule has 0 aliphatic carbocycles. The molecule has 1 saturated heterocycles. The number of sulfone groups is 1. The van der Waals surface area contributed by atoms with E-state index in [9.17, 15) is 36.3 Å². The van der Waals surface area contributed by atoms with Crippen molar-refractivity contribution in [3.05, 3.63) is 47.0 Å². The first-order valence-electron chi connectivity index (χ1n) is 10.9. The number of nitrogens with one attached hydrogen (secondary N) is 1. The average molecular weight is 580 g/mol. The number of amides is 2. The molecule has 3 rings (SSSR count). The second-order valence-electron chi connectivity index (χ2n) is 8.62. The molecule has 1 atom stereocenters. The summed E-state index contributed by atoms with van der Waals surface area (Å²) < 4.78 is 66.6. The van der Waals surface area contributed by atoms with Gasteiger partial charge in [0, 0.05) is 44.3 Å². The first-order chi connectivity index (χ1) is 17.1. The molecule has 2 aromatic carbocycles. The Morgan fingerprint density at radius 1 is 1.08 bits per heavy atom. The number of hydrogen-bond donors (Lipinski definition) is 2. The van der Waals surface area contributed by atoms with Gasteiger partial charge in [0.2, 0.25) is 15.4 Å². The van der Waals surface area contributed by atoms with Crippen molar-refractivity contribution in [3.8, 4) is 0 Å². The van der Waals surface area contributed by atoms with E-state index in [0.717, 1.165) is 12.1 Å². The summed E-state index contributed by atoms with van der Waals surface area (Å²) in [5.74, 6) is -0.778. The van der Waals surface area contributed by atoms with Gasteiger partial charge in [-0.15, -0.1) is 0 Å². The molecule has 0 aromatic heterocycles. The summed E-state index contributed by atoms with van der Waals surface area (Å²) in [5.41, 5.74) is -3.67. The van der Waals surface area contributed by atoms with Crippen LogP contribution in [0, 0.1) is 0 Å². The van der Waals surface area contributed by atoms with Crippen LogP contribution in [0.1, 0.15) is 17.3 Å². The highest BCUT2D eigenvalue weighted by atomic mass is 35.5. The zero-order valence-corrected chi connectivity index (χ0v) is 22.5. The van der Waals surface area contributed by atoms with Crippen LogP contribution in [0.2, 0.25) is 5.02 Å². The van der Waals surface area contributed by atoms with Crippen LogP contribution in [0.25, 0.3) is 0 Å². The van der Waals surface area contributed by atoms with Gasteiger partial charge in [-0.2, -0.15) is 24.9 Å². The number of thioether (sulfide) groups is 1. The van der Waals surface area contributed by atoms with Crippen molar-refractivity contribution in [2.24, 2.45) is 0 Å². The highest BCUT2D eigenvalue weighted by molar-refractivity contribution is 7.99. The molecule has 2 amide bonds. The molecule has 0 radical (unpaired) electrons. The molecule has 0 saturated carbocycles. The minimum absolute atomic E-state index is 0.0277. The van der Waals surface area contributed by atoms with Gasteiger partial charge >= 0.3 is 6.18 Å². The van der Waals surface area contributed by atoms with Gasteiger partial charge < -0.3 is 20.2 Å². The Morgan fingerprint density at radius 2 is 1.65 bits per heavy atom. The molecule has 0 bridgehead atoms. The van der Waals surface area contributed by atoms with E-state index in [-0.39, 0.29) is 37.7 Å². The number of halogens is 4. The number of rotatable bonds is 6. The van der Waals surface area contributed by atoms with Gasteiger partial charge in [0.1, 0.15) is 0 Å². The molecule has 8 nitrogen and oxygen atoms in total. The van der Waals surface area contributed by atoms with Gasteiger partial charge in [-0.3, -0.25) is 9.59 Å². The van der Waals surface area contributed by atoms with Crippen LogP contribution in [-0.4, -0.2) is 80.7 Å². The molecule has 202 valence electrons. The summed E-state index contributed by atoms with van der Waals surface area (Å²) in [6.07, 6.45) is -5.25. The standard InChI is InChI=1S/C23H25ClF3N3O5S2/c1-22(33,23(25,26)27)21(32)28-16-8-9-17(19(18(16)24)30-10-12-36-13-11-30)37(34,35)15-6-4-14(5-7-15)20(31)29(2)3/h4-9,33H,10-13H2,1-3H3,(H,28,32)/t22-/m1/s1. The van der Waals surface area contributed by atoms with Crippen molar-refractivity contribution in [2.45, 2.75) is 28.5 Å². The number of carbonyl (C=O) groups excluding carboxylic acids is 2. The largest absolute Gasteiger partial charge is 0.426 e. The van der Waals surface area contributed by atoms with E-state index in [4.69, 9.17) is 11.6 Å². The molecule has 1 aliphatic heterocycles. The van der Waals surface area contributed by atoms with E-state index in [1.54, 1.807) is 30.8 Å². The first kappa shape index (κ1) is 29.1. The Labute approximate surface area is 221 Å². The van der Waals surface area contributed by atoms with Crippen molar-refractivity contribution < 1.29 is 36.3 Å². The Hall–Kier alpha value is -2.48. The van der Waals surface area contributed by atoms with Crippen LogP contribution in [0.3, 0.4) is 0 Å². The summed E-state index contributed by atoms with van der Waals surface area (Å²) in [7, 11) is -1.08. The summed E-state index contributed by atoms with van der Waals surface area (Å²) in [6, 6.07) is 7.54. The molecule has 0 unspecified atom stereocenters. The number of hydrogen-bond acceptors (Lipinski definition) is 7. The minimum atomic E-state index is -5.25. The summed E-state index contributed by atoms with van der Waals surface area (Å²) >= 11 is 8.15. The fourth-order valence-corrected chi connectivity index (χ4v) is 6.25. The topological polar surface area (TPSA) is 107 Å². The van der Waals surface area contributed by atoms with Crippen LogP contribution in [0.15, 0.2) is 46.2 Å². The average Bonchev–Trinajstić information content (AvgIpc) is 2.84. The number of alkyl halides is 3. The summed E-state index contributed by atoms with van der Waals surface area (Å²) in [4.78, 5) is 27.1. The van der Waals surface area contributed by atoms with Crippen molar-refractivity contribution in [1.29, 1.82) is 0 Å². The predicted octanol–water partition coefficient (Wildman–Crippen LogP) is 3.68. The van der Waals surface area contributed by atoms with Crippen LogP contribution < -0.4 is 10.2 Å². The Bertz CT molecular complexity index is 1290. The maximum atomic E-state index is 13.6. The molecular formula is C23H25ClF3N3O5S2. The van der Waals surface area contributed by atoms with E-state index in [1.807, 2.05) is 5.32 Å². The molecule has 1 fully saturated rings. The van der Waals surface area contributed by atoms with E-state index in [2.05, 4.69) is 0 Å². The highest BCUT2D eigenvalue weighted by Gasteiger charge is 2.56. The fourth-order valence-electron chi connectivity index (χ4n) is 3.48.